The molecule has 2 aromatic rings. The molecule has 18 heavy (non-hydrogen) atoms. The summed E-state index contributed by atoms with van der Waals surface area (Å²) in [6.07, 6.45) is 0.826. The highest BCUT2D eigenvalue weighted by molar-refractivity contribution is 9.10. The maximum Gasteiger partial charge on any atom is 0.0738 e. The highest BCUT2D eigenvalue weighted by Gasteiger charge is 2.18. The molecule has 2 heterocycles. The summed E-state index contributed by atoms with van der Waals surface area (Å²) in [6, 6.07) is 4.27. The molecule has 98 valence electrons. The van der Waals surface area contributed by atoms with Gasteiger partial charge in [-0.05, 0) is 41.2 Å². The third-order valence-electron chi connectivity index (χ3n) is 2.94. The molecule has 2 rings (SSSR count). The summed E-state index contributed by atoms with van der Waals surface area (Å²) in [5.74, 6) is 5.67. The monoisotopic (exact) mass is 328 g/mol. The van der Waals surface area contributed by atoms with Crippen LogP contribution in [0.4, 0.5) is 0 Å². The molecule has 0 aliphatic rings. The van der Waals surface area contributed by atoms with E-state index in [0.29, 0.717) is 0 Å². The number of nitrogens with one attached hydrogen (secondary N) is 1. The van der Waals surface area contributed by atoms with Crippen LogP contribution in [0.15, 0.2) is 22.0 Å². The number of thiophene rings is 1. The van der Waals surface area contributed by atoms with Crippen molar-refractivity contribution < 1.29 is 0 Å². The van der Waals surface area contributed by atoms with Crippen LogP contribution in [0.25, 0.3) is 0 Å². The molecule has 0 spiro atoms. The van der Waals surface area contributed by atoms with Gasteiger partial charge in [0.05, 0.1) is 21.9 Å². The minimum atomic E-state index is 0.127. The Kier molecular flexibility index (Phi) is 4.55. The average Bonchev–Trinajstić information content (AvgIpc) is 2.98. The zero-order valence-electron chi connectivity index (χ0n) is 10.5. The molecule has 0 amide bonds. The SMILES string of the molecule is CCn1nc(C)c(Br)c1CC(NN)c1cccs1. The van der Waals surface area contributed by atoms with Crippen molar-refractivity contribution in [1.29, 1.82) is 0 Å². The molecule has 4 nitrogen and oxygen atoms in total. The van der Waals surface area contributed by atoms with Crippen LogP contribution in [0.5, 0.6) is 0 Å². The number of aryl methyl sites for hydroxylation is 2. The smallest absolute Gasteiger partial charge is 0.0738 e. The van der Waals surface area contributed by atoms with E-state index >= 15 is 0 Å². The zero-order valence-corrected chi connectivity index (χ0v) is 12.9. The minimum Gasteiger partial charge on any atom is -0.271 e. The summed E-state index contributed by atoms with van der Waals surface area (Å²) >= 11 is 5.33. The molecule has 3 N–H and O–H groups in total. The first kappa shape index (κ1) is 13.7. The molecule has 0 aliphatic carbocycles. The first-order valence-corrected chi connectivity index (χ1v) is 7.56. The van der Waals surface area contributed by atoms with E-state index in [2.05, 4.69) is 44.8 Å². The van der Waals surface area contributed by atoms with Crippen molar-refractivity contribution in [2.24, 2.45) is 5.84 Å². The van der Waals surface area contributed by atoms with E-state index in [0.717, 1.165) is 23.1 Å². The van der Waals surface area contributed by atoms with E-state index in [1.54, 1.807) is 11.3 Å². The lowest BCUT2D eigenvalue weighted by Gasteiger charge is -2.15. The van der Waals surface area contributed by atoms with Gasteiger partial charge in [-0.2, -0.15) is 5.10 Å². The third kappa shape index (κ3) is 2.66. The van der Waals surface area contributed by atoms with Crippen LogP contribution in [0.2, 0.25) is 0 Å². The van der Waals surface area contributed by atoms with Crippen LogP contribution in [-0.2, 0) is 13.0 Å². The van der Waals surface area contributed by atoms with Crippen LogP contribution in [-0.4, -0.2) is 9.78 Å². The second-order valence-electron chi connectivity index (χ2n) is 4.10. The van der Waals surface area contributed by atoms with Crippen molar-refractivity contribution in [2.75, 3.05) is 0 Å². The summed E-state index contributed by atoms with van der Waals surface area (Å²) in [7, 11) is 0. The second-order valence-corrected chi connectivity index (χ2v) is 5.87. The van der Waals surface area contributed by atoms with E-state index < -0.39 is 0 Å². The predicted molar refractivity (Wildman–Crippen MR) is 78.4 cm³/mol. The van der Waals surface area contributed by atoms with Crippen molar-refractivity contribution in [2.45, 2.75) is 32.9 Å². The fourth-order valence-corrected chi connectivity index (χ4v) is 3.22. The fourth-order valence-electron chi connectivity index (χ4n) is 1.99. The molecule has 0 radical (unpaired) electrons. The number of hydrogen-bond acceptors (Lipinski definition) is 4. The topological polar surface area (TPSA) is 55.9 Å². The van der Waals surface area contributed by atoms with Gasteiger partial charge in [-0.3, -0.25) is 16.0 Å². The van der Waals surface area contributed by atoms with Gasteiger partial charge in [0.1, 0.15) is 0 Å². The Balaban J connectivity index is 2.27. The number of nitrogens with two attached hydrogens (primary N) is 1. The molecular formula is C12H17BrN4S. The van der Waals surface area contributed by atoms with Crippen LogP contribution < -0.4 is 11.3 Å². The average molecular weight is 329 g/mol. The number of halogens is 1. The summed E-state index contributed by atoms with van der Waals surface area (Å²) < 4.78 is 3.11. The van der Waals surface area contributed by atoms with Gasteiger partial charge in [0.2, 0.25) is 0 Å². The number of aromatic nitrogens is 2. The molecule has 2 aromatic heterocycles. The Morgan fingerprint density at radius 2 is 2.39 bits per heavy atom. The van der Waals surface area contributed by atoms with E-state index in [4.69, 9.17) is 5.84 Å². The molecule has 0 bridgehead atoms. The molecule has 6 heteroatoms. The molecule has 0 aromatic carbocycles. The Morgan fingerprint density at radius 3 is 2.94 bits per heavy atom. The molecule has 1 unspecified atom stereocenters. The highest BCUT2D eigenvalue weighted by Crippen LogP contribution is 2.28. The molecule has 0 saturated carbocycles. The van der Waals surface area contributed by atoms with Crippen LogP contribution in [0.3, 0.4) is 0 Å². The third-order valence-corrected chi connectivity index (χ3v) is 4.96. The zero-order chi connectivity index (χ0) is 13.1. The van der Waals surface area contributed by atoms with Gasteiger partial charge in [0, 0.05) is 17.8 Å². The van der Waals surface area contributed by atoms with Crippen molar-refractivity contribution in [3.8, 4) is 0 Å². The van der Waals surface area contributed by atoms with Gasteiger partial charge in [-0.25, -0.2) is 0 Å². The van der Waals surface area contributed by atoms with Crippen LogP contribution in [0, 0.1) is 6.92 Å². The molecule has 0 aliphatic heterocycles. The van der Waals surface area contributed by atoms with Crippen LogP contribution in [0.1, 0.15) is 29.2 Å². The van der Waals surface area contributed by atoms with Gasteiger partial charge in [-0.1, -0.05) is 6.07 Å². The maximum atomic E-state index is 5.67. The molecular weight excluding hydrogens is 312 g/mol. The van der Waals surface area contributed by atoms with Gasteiger partial charge >= 0.3 is 0 Å². The first-order chi connectivity index (χ1) is 8.67. The van der Waals surface area contributed by atoms with Crippen molar-refractivity contribution >= 4 is 27.3 Å². The van der Waals surface area contributed by atoms with Gasteiger partial charge in [0.25, 0.3) is 0 Å². The van der Waals surface area contributed by atoms with Gasteiger partial charge < -0.3 is 0 Å². The van der Waals surface area contributed by atoms with Gasteiger partial charge in [0.15, 0.2) is 0 Å². The van der Waals surface area contributed by atoms with E-state index in [1.165, 1.54) is 10.6 Å². The second kappa shape index (κ2) is 5.97. The number of hydrogen-bond donors (Lipinski definition) is 2. The lowest BCUT2D eigenvalue weighted by atomic mass is 10.1. The number of nitrogens with zero attached hydrogens (tertiary/aromatic N) is 2. The first-order valence-electron chi connectivity index (χ1n) is 5.88. The van der Waals surface area contributed by atoms with Crippen LogP contribution >= 0.6 is 27.3 Å². The predicted octanol–water partition coefficient (Wildman–Crippen LogP) is 2.78. The van der Waals surface area contributed by atoms with Crippen molar-refractivity contribution in [3.63, 3.8) is 0 Å². The summed E-state index contributed by atoms with van der Waals surface area (Å²) in [6.45, 7) is 4.97. The lowest BCUT2D eigenvalue weighted by Crippen LogP contribution is -2.29. The summed E-state index contributed by atoms with van der Waals surface area (Å²) in [4.78, 5) is 1.24. The molecule has 0 saturated heterocycles. The minimum absolute atomic E-state index is 0.127. The van der Waals surface area contributed by atoms with Crippen molar-refractivity contribution in [1.82, 2.24) is 15.2 Å². The van der Waals surface area contributed by atoms with Crippen molar-refractivity contribution in [3.05, 3.63) is 38.3 Å². The Bertz CT molecular complexity index is 506. The largest absolute Gasteiger partial charge is 0.271 e. The highest BCUT2D eigenvalue weighted by atomic mass is 79.9. The van der Waals surface area contributed by atoms with E-state index in [1.807, 2.05) is 17.7 Å². The van der Waals surface area contributed by atoms with E-state index in [-0.39, 0.29) is 6.04 Å². The lowest BCUT2D eigenvalue weighted by molar-refractivity contribution is 0.522. The molecule has 0 fully saturated rings. The normalized spacial score (nSPS) is 12.9. The summed E-state index contributed by atoms with van der Waals surface area (Å²) in [5.41, 5.74) is 5.10. The Morgan fingerprint density at radius 1 is 1.61 bits per heavy atom. The Labute approximate surface area is 119 Å². The fraction of sp³-hybridized carbons (Fsp3) is 0.417. The Hall–Kier alpha value is -0.690. The van der Waals surface area contributed by atoms with Gasteiger partial charge in [-0.15, -0.1) is 11.3 Å². The van der Waals surface area contributed by atoms with E-state index in [9.17, 15) is 0 Å². The summed E-state index contributed by atoms with van der Waals surface area (Å²) in [5, 5.41) is 6.57. The standard InChI is InChI=1S/C12H17BrN4S/c1-3-17-10(12(13)8(2)16-17)7-9(15-14)11-5-4-6-18-11/h4-6,9,15H,3,7,14H2,1-2H3. The molecule has 1 atom stereocenters. The number of rotatable bonds is 5. The quantitative estimate of drug-likeness (QED) is 0.655. The number of hydrazine groups is 1. The maximum absolute atomic E-state index is 5.67.